The molecule has 0 radical (unpaired) electrons. The molecule has 1 fully saturated rings. The number of amides is 1. The van der Waals surface area contributed by atoms with E-state index >= 15 is 0 Å². The number of hydrogen-bond acceptors (Lipinski definition) is 8. The number of carbonyl (C=O) groups is 2. The molecule has 254 valence electrons. The Bertz CT molecular complexity index is 1810. The van der Waals surface area contributed by atoms with Gasteiger partial charge in [-0.25, -0.2) is 14.6 Å². The van der Waals surface area contributed by atoms with Crippen molar-refractivity contribution in [1.29, 1.82) is 0 Å². The highest BCUT2D eigenvalue weighted by Crippen LogP contribution is 2.46. The maximum absolute atomic E-state index is 13.3. The first-order valence-corrected chi connectivity index (χ1v) is 19.3. The van der Waals surface area contributed by atoms with E-state index in [1.165, 1.54) is 0 Å². The number of aromatic nitrogens is 4. The van der Waals surface area contributed by atoms with Crippen LogP contribution >= 0.6 is 11.6 Å². The number of ether oxygens (including phenoxy) is 2. The van der Waals surface area contributed by atoms with Gasteiger partial charge in [-0.2, -0.15) is 9.97 Å². The van der Waals surface area contributed by atoms with Gasteiger partial charge >= 0.3 is 12.1 Å². The predicted molar refractivity (Wildman–Crippen MR) is 191 cm³/mol. The number of anilines is 1. The third-order valence-electron chi connectivity index (χ3n) is 9.01. The van der Waals surface area contributed by atoms with Gasteiger partial charge in [-0.05, 0) is 74.2 Å². The lowest BCUT2D eigenvalue weighted by Gasteiger charge is -2.39. The third kappa shape index (κ3) is 7.80. The van der Waals surface area contributed by atoms with Crippen molar-refractivity contribution in [3.63, 3.8) is 0 Å². The highest BCUT2D eigenvalue weighted by Gasteiger charge is 2.46. The second-order valence-electron chi connectivity index (χ2n) is 14.7. The van der Waals surface area contributed by atoms with Gasteiger partial charge in [-0.15, -0.1) is 0 Å². The number of nitrogens with zero attached hydrogens (tertiary/aromatic N) is 4. The van der Waals surface area contributed by atoms with Crippen molar-refractivity contribution in [2.75, 3.05) is 11.9 Å². The molecule has 2 heterocycles. The molecule has 0 bridgehead atoms. The van der Waals surface area contributed by atoms with Crippen molar-refractivity contribution in [1.82, 2.24) is 19.5 Å². The topological polar surface area (TPSA) is 117 Å². The van der Waals surface area contributed by atoms with Gasteiger partial charge in [0.05, 0.1) is 24.0 Å². The Balaban J connectivity index is 1.40. The van der Waals surface area contributed by atoms with Crippen LogP contribution in [0.25, 0.3) is 22.3 Å². The van der Waals surface area contributed by atoms with Crippen LogP contribution in [0.5, 0.6) is 0 Å². The van der Waals surface area contributed by atoms with Crippen LogP contribution in [-0.4, -0.2) is 58.2 Å². The summed E-state index contributed by atoms with van der Waals surface area (Å²) in [4.78, 5) is 39.0. The number of halogens is 1. The summed E-state index contributed by atoms with van der Waals surface area (Å²) in [6.07, 6.45) is 1.23. The summed E-state index contributed by atoms with van der Waals surface area (Å²) in [5, 5.41) is 2.61. The molecule has 5 rings (SSSR count). The van der Waals surface area contributed by atoms with E-state index in [1.807, 2.05) is 47.0 Å². The predicted octanol–water partition coefficient (Wildman–Crippen LogP) is 8.86. The zero-order chi connectivity index (χ0) is 35.0. The maximum Gasteiger partial charge on any atom is 0.414 e. The van der Waals surface area contributed by atoms with Gasteiger partial charge in [0.15, 0.2) is 19.1 Å². The molecule has 10 nitrogen and oxygen atoms in total. The van der Waals surface area contributed by atoms with Gasteiger partial charge in [0.2, 0.25) is 5.95 Å². The Kier molecular flexibility index (Phi) is 9.88. The summed E-state index contributed by atoms with van der Waals surface area (Å²) in [5.41, 5.74) is 3.48. The summed E-state index contributed by atoms with van der Waals surface area (Å²) in [7, 11) is -2.24. The highest BCUT2D eigenvalue weighted by atomic mass is 35.5. The molecule has 0 aliphatic heterocycles. The Labute approximate surface area is 288 Å². The zero-order valence-electron chi connectivity index (χ0n) is 28.8. The molecule has 12 heteroatoms. The van der Waals surface area contributed by atoms with Gasteiger partial charge in [0.1, 0.15) is 17.7 Å². The molecular weight excluding hydrogens is 646 g/mol. The number of benzene rings is 2. The van der Waals surface area contributed by atoms with E-state index in [9.17, 15) is 9.59 Å². The van der Waals surface area contributed by atoms with Crippen LogP contribution in [0.4, 0.5) is 10.7 Å². The van der Waals surface area contributed by atoms with Crippen molar-refractivity contribution in [3.05, 3.63) is 83.8 Å². The average Bonchev–Trinajstić information content (AvgIpc) is 3.55. The largest absolute Gasteiger partial charge is 0.461 e. The number of rotatable bonds is 8. The molecule has 4 aromatic rings. The van der Waals surface area contributed by atoms with Gasteiger partial charge < -0.3 is 18.5 Å². The molecule has 2 aromatic carbocycles. The van der Waals surface area contributed by atoms with Crippen LogP contribution in [0.15, 0.2) is 73.1 Å². The van der Waals surface area contributed by atoms with Gasteiger partial charge in [0.25, 0.3) is 0 Å². The molecule has 1 N–H and O–H groups in total. The van der Waals surface area contributed by atoms with Crippen LogP contribution in [-0.2, 0) is 13.9 Å². The Morgan fingerprint density at radius 3 is 2.27 bits per heavy atom. The smallest absolute Gasteiger partial charge is 0.414 e. The third-order valence-corrected chi connectivity index (χ3v) is 13.8. The van der Waals surface area contributed by atoms with Crippen molar-refractivity contribution >= 4 is 49.1 Å². The summed E-state index contributed by atoms with van der Waals surface area (Å²) < 4.78 is 20.1. The molecule has 0 saturated heterocycles. The summed E-state index contributed by atoms with van der Waals surface area (Å²) >= 11 is 6.50. The SMILES string of the molecule is C=C1[C@H](COC(=O)c2ccc(-c3ccccc3)cc2)[C@@H](O[Si](C)(C)C(C)(C)C)C[C@@H]1n1cnc2c(Cl)nc(NC(=O)OC(C)(C)C)nc21. The minimum absolute atomic E-state index is 0.00931. The fraction of sp³-hybridized carbons (Fsp3) is 0.417. The van der Waals surface area contributed by atoms with Crippen LogP contribution in [0.3, 0.4) is 0 Å². The van der Waals surface area contributed by atoms with Crippen LogP contribution in [0, 0.1) is 5.92 Å². The highest BCUT2D eigenvalue weighted by molar-refractivity contribution is 6.74. The second kappa shape index (κ2) is 13.4. The van der Waals surface area contributed by atoms with Crippen molar-refractivity contribution in [3.8, 4) is 11.1 Å². The molecular formula is C36H44ClN5O5Si. The first-order valence-electron chi connectivity index (χ1n) is 16.0. The van der Waals surface area contributed by atoms with Gasteiger partial charge in [-0.3, -0.25) is 5.32 Å². The number of hydrogen-bond donors (Lipinski definition) is 1. The van der Waals surface area contributed by atoms with Gasteiger partial charge in [-0.1, -0.05) is 81.4 Å². The maximum atomic E-state index is 13.3. The minimum Gasteiger partial charge on any atom is -0.461 e. The lowest BCUT2D eigenvalue weighted by atomic mass is 10.0. The molecule has 1 aliphatic carbocycles. The molecule has 1 amide bonds. The minimum atomic E-state index is -2.24. The molecule has 1 aliphatic rings. The van der Waals surface area contributed by atoms with Crippen molar-refractivity contribution in [2.45, 2.75) is 83.8 Å². The second-order valence-corrected chi connectivity index (χ2v) is 19.8. The van der Waals surface area contributed by atoms with Gasteiger partial charge in [0, 0.05) is 5.92 Å². The molecule has 0 unspecified atom stereocenters. The molecule has 48 heavy (non-hydrogen) atoms. The first-order chi connectivity index (χ1) is 22.4. The standard InChI is InChI=1S/C36H44ClN5O5Si/c1-22-26(20-45-32(43)25-17-15-24(16-18-25)23-13-11-10-12-14-23)28(47-48(8,9)36(5,6)7)19-27(22)42-21-38-29-30(37)39-33(40-31(29)42)41-34(44)46-35(2,3)4/h10-18,21,26-28H,1,19-20H2,2-9H3,(H,39,40,41,44)/t26-,27-,28-/m0/s1. The number of carbonyl (C=O) groups excluding carboxylic acids is 2. The van der Waals surface area contributed by atoms with Crippen molar-refractivity contribution in [2.24, 2.45) is 5.92 Å². The summed E-state index contributed by atoms with van der Waals surface area (Å²) in [5.74, 6) is -0.710. The van der Waals surface area contributed by atoms with E-state index in [1.54, 1.807) is 39.2 Å². The number of fused-ring (bicyclic) bond motifs is 1. The quantitative estimate of drug-likeness (QED) is 0.0844. The van der Waals surface area contributed by atoms with E-state index in [2.05, 4.69) is 60.7 Å². The normalized spacial score (nSPS) is 18.6. The fourth-order valence-electron chi connectivity index (χ4n) is 5.45. The summed E-state index contributed by atoms with van der Waals surface area (Å²) in [6.45, 7) is 20.9. The Morgan fingerprint density at radius 1 is 1.00 bits per heavy atom. The van der Waals surface area contributed by atoms with Crippen molar-refractivity contribution < 1.29 is 23.5 Å². The monoisotopic (exact) mass is 689 g/mol. The van der Waals surface area contributed by atoms with E-state index in [0.717, 1.165) is 16.7 Å². The van der Waals surface area contributed by atoms with Crippen LogP contribution in [0.1, 0.15) is 64.4 Å². The average molecular weight is 690 g/mol. The Hall–Kier alpha value is -4.06. The Morgan fingerprint density at radius 2 is 1.65 bits per heavy atom. The zero-order valence-corrected chi connectivity index (χ0v) is 30.6. The number of nitrogens with one attached hydrogen (secondary N) is 1. The van der Waals surface area contributed by atoms with E-state index < -0.39 is 26.0 Å². The molecule has 0 spiro atoms. The number of esters is 1. The first kappa shape index (κ1) is 35.2. The van der Waals surface area contributed by atoms with E-state index in [4.69, 9.17) is 25.5 Å². The summed E-state index contributed by atoms with van der Waals surface area (Å²) in [6, 6.07) is 17.1. The van der Waals surface area contributed by atoms with E-state index in [0.29, 0.717) is 23.1 Å². The molecule has 1 saturated carbocycles. The molecule has 2 aromatic heterocycles. The van der Waals surface area contributed by atoms with Crippen LogP contribution < -0.4 is 5.32 Å². The fourth-order valence-corrected chi connectivity index (χ4v) is 7.04. The lowest BCUT2D eigenvalue weighted by molar-refractivity contribution is 0.0361. The van der Waals surface area contributed by atoms with Crippen LogP contribution in [0.2, 0.25) is 23.3 Å². The lowest BCUT2D eigenvalue weighted by Crippen LogP contribution is -2.45. The van der Waals surface area contributed by atoms with E-state index in [-0.39, 0.29) is 40.8 Å². The number of imidazole rings is 1. The molecule has 3 atom stereocenters.